The maximum atomic E-state index is 11.5. The Morgan fingerprint density at radius 1 is 1.28 bits per heavy atom. The summed E-state index contributed by atoms with van der Waals surface area (Å²) in [6, 6.07) is 0. The minimum absolute atomic E-state index is 0.110. The summed E-state index contributed by atoms with van der Waals surface area (Å²) >= 11 is 0. The highest BCUT2D eigenvalue weighted by molar-refractivity contribution is 5.78. The second kappa shape index (κ2) is 10.9. The van der Waals surface area contributed by atoms with Crippen molar-refractivity contribution in [1.29, 1.82) is 0 Å². The highest BCUT2D eigenvalue weighted by atomic mass is 16.5. The molecule has 0 aromatic carbocycles. The van der Waals surface area contributed by atoms with Gasteiger partial charge in [0.2, 0.25) is 5.91 Å². The zero-order chi connectivity index (χ0) is 13.8. The predicted octanol–water partition coefficient (Wildman–Crippen LogP) is -1.43. The average Bonchev–Trinajstić information content (AvgIpc) is 2.38. The average molecular weight is 261 g/mol. The van der Waals surface area contributed by atoms with Gasteiger partial charge in [-0.05, 0) is 0 Å². The molecule has 1 amide bonds. The van der Waals surface area contributed by atoms with Crippen molar-refractivity contribution < 1.29 is 19.1 Å². The van der Waals surface area contributed by atoms with Crippen molar-refractivity contribution in [3.63, 3.8) is 0 Å². The van der Waals surface area contributed by atoms with Crippen molar-refractivity contribution in [3.8, 4) is 0 Å². The molecule has 0 radical (unpaired) electrons. The fourth-order valence-corrected chi connectivity index (χ4v) is 1.31. The largest absolute Gasteiger partial charge is 0.469 e. The van der Waals surface area contributed by atoms with Crippen LogP contribution in [0.5, 0.6) is 0 Å². The molecule has 7 heteroatoms. The number of carbonyl (C=O) groups excluding carboxylic acids is 2. The highest BCUT2D eigenvalue weighted by Crippen LogP contribution is 1.94. The van der Waals surface area contributed by atoms with Gasteiger partial charge < -0.3 is 20.5 Å². The van der Waals surface area contributed by atoms with Gasteiger partial charge in [0.05, 0.1) is 26.7 Å². The second-order valence-corrected chi connectivity index (χ2v) is 3.73. The molecule has 106 valence electrons. The molecular weight excluding hydrogens is 238 g/mol. The van der Waals surface area contributed by atoms with E-state index in [9.17, 15) is 9.59 Å². The van der Waals surface area contributed by atoms with Crippen LogP contribution >= 0.6 is 0 Å². The third kappa shape index (κ3) is 8.91. The van der Waals surface area contributed by atoms with E-state index in [0.29, 0.717) is 32.8 Å². The Bertz CT molecular complexity index is 248. The number of ether oxygens (including phenoxy) is 2. The summed E-state index contributed by atoms with van der Waals surface area (Å²) in [7, 11) is 2.93. The van der Waals surface area contributed by atoms with E-state index in [1.807, 2.05) is 4.90 Å². The van der Waals surface area contributed by atoms with E-state index in [1.165, 1.54) is 7.11 Å². The first kappa shape index (κ1) is 16.8. The summed E-state index contributed by atoms with van der Waals surface area (Å²) in [5.74, 6) is -0.402. The molecule has 3 N–H and O–H groups in total. The maximum Gasteiger partial charge on any atom is 0.306 e. The molecule has 0 unspecified atom stereocenters. The van der Waals surface area contributed by atoms with Gasteiger partial charge in [-0.3, -0.25) is 14.5 Å². The van der Waals surface area contributed by atoms with Gasteiger partial charge in [0, 0.05) is 33.3 Å². The molecule has 0 aromatic rings. The van der Waals surface area contributed by atoms with E-state index < -0.39 is 0 Å². The van der Waals surface area contributed by atoms with E-state index in [-0.39, 0.29) is 24.8 Å². The summed E-state index contributed by atoms with van der Waals surface area (Å²) in [5.41, 5.74) is 5.29. The van der Waals surface area contributed by atoms with Crippen LogP contribution < -0.4 is 11.1 Å². The van der Waals surface area contributed by atoms with Crippen LogP contribution in [0, 0.1) is 0 Å². The lowest BCUT2D eigenvalue weighted by molar-refractivity contribution is -0.141. The number of hydrogen-bond donors (Lipinski definition) is 2. The molecule has 18 heavy (non-hydrogen) atoms. The summed E-state index contributed by atoms with van der Waals surface area (Å²) in [6.45, 7) is 2.64. The van der Waals surface area contributed by atoms with E-state index in [1.54, 1.807) is 7.11 Å². The maximum absolute atomic E-state index is 11.5. The number of nitrogens with two attached hydrogens (primary N) is 1. The minimum Gasteiger partial charge on any atom is -0.469 e. The van der Waals surface area contributed by atoms with Crippen LogP contribution in [0.3, 0.4) is 0 Å². The molecular formula is C11H23N3O4. The Hall–Kier alpha value is -1.18. The number of amides is 1. The van der Waals surface area contributed by atoms with Gasteiger partial charge in [0.25, 0.3) is 0 Å². The Morgan fingerprint density at radius 3 is 2.56 bits per heavy atom. The third-order valence-corrected chi connectivity index (χ3v) is 2.31. The smallest absolute Gasteiger partial charge is 0.306 e. The number of nitrogens with zero attached hydrogens (tertiary/aromatic N) is 1. The number of rotatable bonds is 10. The first-order valence-corrected chi connectivity index (χ1v) is 5.89. The van der Waals surface area contributed by atoms with E-state index >= 15 is 0 Å². The SMILES string of the molecule is COCCN(CCC(=O)OC)CC(=O)NCCN. The highest BCUT2D eigenvalue weighted by Gasteiger charge is 2.12. The zero-order valence-electron chi connectivity index (χ0n) is 11.1. The van der Waals surface area contributed by atoms with Crippen molar-refractivity contribution in [2.75, 3.05) is 53.6 Å². The molecule has 7 nitrogen and oxygen atoms in total. The standard InChI is InChI=1S/C11H23N3O4/c1-17-8-7-14(6-3-11(16)18-2)9-10(15)13-5-4-12/h3-9,12H2,1-2H3,(H,13,15). The number of esters is 1. The van der Waals surface area contributed by atoms with Gasteiger partial charge in [-0.15, -0.1) is 0 Å². The topological polar surface area (TPSA) is 93.9 Å². The van der Waals surface area contributed by atoms with Crippen LogP contribution in [0.2, 0.25) is 0 Å². The lowest BCUT2D eigenvalue weighted by Gasteiger charge is -2.20. The number of hydrogen-bond acceptors (Lipinski definition) is 6. The van der Waals surface area contributed by atoms with Gasteiger partial charge in [0.15, 0.2) is 0 Å². The predicted molar refractivity (Wildman–Crippen MR) is 67.0 cm³/mol. The first-order valence-electron chi connectivity index (χ1n) is 5.89. The van der Waals surface area contributed by atoms with Crippen molar-refractivity contribution >= 4 is 11.9 Å². The summed E-state index contributed by atoms with van der Waals surface area (Å²) in [6.07, 6.45) is 0.254. The van der Waals surface area contributed by atoms with Crippen LogP contribution in [0.1, 0.15) is 6.42 Å². The lowest BCUT2D eigenvalue weighted by atomic mass is 10.3. The van der Waals surface area contributed by atoms with Crippen LogP contribution in [-0.4, -0.2) is 70.3 Å². The van der Waals surface area contributed by atoms with Crippen molar-refractivity contribution in [2.45, 2.75) is 6.42 Å². The quantitative estimate of drug-likeness (QED) is 0.468. The number of carbonyl (C=O) groups is 2. The zero-order valence-corrected chi connectivity index (χ0v) is 11.1. The molecule has 0 spiro atoms. The molecule has 0 atom stereocenters. The molecule has 0 saturated carbocycles. The van der Waals surface area contributed by atoms with E-state index in [0.717, 1.165) is 0 Å². The Morgan fingerprint density at radius 2 is 2.00 bits per heavy atom. The molecule has 0 rings (SSSR count). The number of methoxy groups -OCH3 is 2. The fourth-order valence-electron chi connectivity index (χ4n) is 1.31. The molecule has 0 bridgehead atoms. The molecule has 0 aliphatic heterocycles. The molecule has 0 aliphatic rings. The van der Waals surface area contributed by atoms with E-state index in [4.69, 9.17) is 10.5 Å². The van der Waals surface area contributed by atoms with Crippen LogP contribution in [0.25, 0.3) is 0 Å². The monoisotopic (exact) mass is 261 g/mol. The van der Waals surface area contributed by atoms with Crippen molar-refractivity contribution in [1.82, 2.24) is 10.2 Å². The number of nitrogens with one attached hydrogen (secondary N) is 1. The van der Waals surface area contributed by atoms with Crippen LogP contribution in [-0.2, 0) is 19.1 Å². The third-order valence-electron chi connectivity index (χ3n) is 2.31. The van der Waals surface area contributed by atoms with Gasteiger partial charge in [-0.2, -0.15) is 0 Å². The summed E-state index contributed by atoms with van der Waals surface area (Å²) in [4.78, 5) is 24.4. The van der Waals surface area contributed by atoms with Crippen LogP contribution in [0.4, 0.5) is 0 Å². The normalized spacial score (nSPS) is 10.4. The molecule has 0 aromatic heterocycles. The van der Waals surface area contributed by atoms with E-state index in [2.05, 4.69) is 10.1 Å². The van der Waals surface area contributed by atoms with Gasteiger partial charge >= 0.3 is 5.97 Å². The molecule has 0 saturated heterocycles. The van der Waals surface area contributed by atoms with Gasteiger partial charge in [-0.1, -0.05) is 0 Å². The fraction of sp³-hybridized carbons (Fsp3) is 0.818. The lowest BCUT2D eigenvalue weighted by Crippen LogP contribution is -2.41. The van der Waals surface area contributed by atoms with Crippen molar-refractivity contribution in [3.05, 3.63) is 0 Å². The summed E-state index contributed by atoms with van der Waals surface area (Å²) < 4.78 is 9.52. The van der Waals surface area contributed by atoms with Crippen LogP contribution in [0.15, 0.2) is 0 Å². The Labute approximate surface area is 108 Å². The molecule has 0 heterocycles. The minimum atomic E-state index is -0.292. The summed E-state index contributed by atoms with van der Waals surface area (Å²) in [5, 5.41) is 2.68. The molecule has 0 aliphatic carbocycles. The molecule has 0 fully saturated rings. The Balaban J connectivity index is 4.04. The van der Waals surface area contributed by atoms with Gasteiger partial charge in [0.1, 0.15) is 0 Å². The second-order valence-electron chi connectivity index (χ2n) is 3.73. The van der Waals surface area contributed by atoms with Gasteiger partial charge in [-0.25, -0.2) is 0 Å². The van der Waals surface area contributed by atoms with Crippen molar-refractivity contribution in [2.24, 2.45) is 5.73 Å². The Kier molecular flexibility index (Phi) is 10.2. The first-order chi connectivity index (χ1) is 8.63.